The lowest BCUT2D eigenvalue weighted by molar-refractivity contribution is 0.155. The highest BCUT2D eigenvalue weighted by Gasteiger charge is 2.36. The van der Waals surface area contributed by atoms with Crippen molar-refractivity contribution in [3.63, 3.8) is 0 Å². The highest BCUT2D eigenvalue weighted by Crippen LogP contribution is 2.40. The monoisotopic (exact) mass is 418 g/mol. The molecule has 2 aromatic rings. The number of nitrogens with one attached hydrogen (secondary N) is 1. The van der Waals surface area contributed by atoms with Crippen molar-refractivity contribution in [1.29, 1.82) is 0 Å². The number of benzene rings is 1. The molecule has 11 heteroatoms. The maximum atomic E-state index is 13.6. The summed E-state index contributed by atoms with van der Waals surface area (Å²) in [5, 5.41) is 12.9. The number of hydrogen-bond acceptors (Lipinski definition) is 6. The lowest BCUT2D eigenvalue weighted by Gasteiger charge is -2.23. The number of fused-ring (bicyclic) bond motifs is 1. The predicted molar refractivity (Wildman–Crippen MR) is 98.3 cm³/mol. The largest absolute Gasteiger partial charge is 0.465 e. The Labute approximate surface area is 164 Å². The van der Waals surface area contributed by atoms with E-state index in [1.165, 1.54) is 24.4 Å². The molecule has 1 aromatic carbocycles. The Morgan fingerprint density at radius 1 is 1.31 bits per heavy atom. The van der Waals surface area contributed by atoms with Gasteiger partial charge in [0.2, 0.25) is 16.4 Å². The van der Waals surface area contributed by atoms with Crippen molar-refractivity contribution >= 4 is 21.7 Å². The molecule has 1 amide bonds. The van der Waals surface area contributed by atoms with Crippen LogP contribution in [0.4, 0.5) is 9.18 Å². The highest BCUT2D eigenvalue weighted by molar-refractivity contribution is 7.89. The number of sulfonamides is 1. The summed E-state index contributed by atoms with van der Waals surface area (Å²) in [6, 6.07) is 5.34. The van der Waals surface area contributed by atoms with Gasteiger partial charge < -0.3 is 9.63 Å². The fraction of sp³-hybridized carbons (Fsp3) is 0.167. The van der Waals surface area contributed by atoms with Crippen LogP contribution in [0.15, 0.2) is 69.8 Å². The molecular weight excluding hydrogens is 403 g/mol. The maximum absolute atomic E-state index is 13.6. The number of carboxylic acid groups (broad SMARTS) is 1. The van der Waals surface area contributed by atoms with Gasteiger partial charge in [-0.2, -0.15) is 4.98 Å². The van der Waals surface area contributed by atoms with E-state index < -0.39 is 28.0 Å². The van der Waals surface area contributed by atoms with E-state index in [1.54, 1.807) is 18.2 Å². The van der Waals surface area contributed by atoms with E-state index >= 15 is 0 Å². The van der Waals surface area contributed by atoms with E-state index in [9.17, 15) is 22.7 Å². The molecule has 4 rings (SSSR count). The van der Waals surface area contributed by atoms with Gasteiger partial charge in [-0.1, -0.05) is 23.4 Å². The third-order valence-corrected chi connectivity index (χ3v) is 6.05. The second-order valence-corrected chi connectivity index (χ2v) is 8.15. The topological polar surface area (TPSA) is 126 Å². The number of aromatic nitrogens is 2. The number of hydrogen-bond donors (Lipinski definition) is 2. The van der Waals surface area contributed by atoms with Crippen LogP contribution in [0.2, 0.25) is 0 Å². The Morgan fingerprint density at radius 3 is 2.72 bits per heavy atom. The normalized spacial score (nSPS) is 18.7. The van der Waals surface area contributed by atoms with Gasteiger partial charge in [0, 0.05) is 18.2 Å². The number of rotatable bonds is 5. The first kappa shape index (κ1) is 19.0. The van der Waals surface area contributed by atoms with Crippen LogP contribution in [0.3, 0.4) is 0 Å². The molecular formula is C18H15FN4O5S. The number of allylic oxidation sites excluding steroid dienone is 2. The minimum atomic E-state index is -3.80. The lowest BCUT2D eigenvalue weighted by atomic mass is 9.91. The Balaban J connectivity index is 1.58. The predicted octanol–water partition coefficient (Wildman–Crippen LogP) is 2.43. The third kappa shape index (κ3) is 3.69. The summed E-state index contributed by atoms with van der Waals surface area (Å²) in [7, 11) is -3.80. The molecule has 0 radical (unpaired) electrons. The van der Waals surface area contributed by atoms with E-state index in [1.807, 2.05) is 0 Å². The van der Waals surface area contributed by atoms with Crippen LogP contribution < -0.4 is 4.72 Å². The molecule has 1 unspecified atom stereocenters. The zero-order valence-electron chi connectivity index (χ0n) is 14.8. The standard InChI is InChI=1S/C18H15FN4O5S/c19-12-3-6-14-15(9-23(18(24)25)16(14)7-12)11-1-4-13(5-2-11)29(26,27)21-8-17-20-10-28-22-17/h1-6,9-10,16,21H,7-8H2,(H,24,25). The summed E-state index contributed by atoms with van der Waals surface area (Å²) in [4.78, 5) is 16.3. The molecule has 0 saturated carbocycles. The van der Waals surface area contributed by atoms with Crippen molar-refractivity contribution in [3.8, 4) is 0 Å². The molecule has 150 valence electrons. The Hall–Kier alpha value is -3.31. The summed E-state index contributed by atoms with van der Waals surface area (Å²) in [5.74, 6) is -0.195. The van der Waals surface area contributed by atoms with Crippen molar-refractivity contribution in [1.82, 2.24) is 19.8 Å². The van der Waals surface area contributed by atoms with Crippen molar-refractivity contribution < 1.29 is 27.2 Å². The van der Waals surface area contributed by atoms with Gasteiger partial charge in [0.1, 0.15) is 5.83 Å². The van der Waals surface area contributed by atoms with E-state index in [0.29, 0.717) is 16.7 Å². The first-order chi connectivity index (χ1) is 13.8. The average molecular weight is 418 g/mol. The zero-order chi connectivity index (χ0) is 20.6. The van der Waals surface area contributed by atoms with Crippen LogP contribution >= 0.6 is 0 Å². The number of amides is 1. The van der Waals surface area contributed by atoms with Gasteiger partial charge in [0.15, 0.2) is 5.82 Å². The fourth-order valence-electron chi connectivity index (χ4n) is 3.23. The lowest BCUT2D eigenvalue weighted by Crippen LogP contribution is -2.33. The molecule has 2 aliphatic rings. The minimum Gasteiger partial charge on any atom is -0.465 e. The molecule has 2 N–H and O–H groups in total. The minimum absolute atomic E-state index is 0.0264. The van der Waals surface area contributed by atoms with E-state index in [2.05, 4.69) is 19.4 Å². The van der Waals surface area contributed by atoms with Crippen molar-refractivity contribution in [2.75, 3.05) is 0 Å². The Bertz CT molecular complexity index is 1140. The number of carbonyl (C=O) groups is 1. The van der Waals surface area contributed by atoms with E-state index in [-0.39, 0.29) is 23.7 Å². The van der Waals surface area contributed by atoms with Gasteiger partial charge in [-0.25, -0.2) is 22.3 Å². The van der Waals surface area contributed by atoms with Gasteiger partial charge in [-0.15, -0.1) is 0 Å². The first-order valence-corrected chi connectivity index (χ1v) is 9.98. The molecule has 0 bridgehead atoms. The molecule has 2 heterocycles. The van der Waals surface area contributed by atoms with Crippen molar-refractivity contribution in [2.45, 2.75) is 23.9 Å². The molecule has 0 spiro atoms. The molecule has 1 aromatic heterocycles. The fourth-order valence-corrected chi connectivity index (χ4v) is 4.21. The molecule has 1 atom stereocenters. The Kier molecular flexibility index (Phi) is 4.76. The molecule has 1 aliphatic carbocycles. The van der Waals surface area contributed by atoms with Crippen LogP contribution in [-0.4, -0.2) is 40.7 Å². The summed E-state index contributed by atoms with van der Waals surface area (Å²) < 4.78 is 45.4. The molecule has 0 saturated heterocycles. The average Bonchev–Trinajstić information content (AvgIpc) is 3.34. The molecule has 9 nitrogen and oxygen atoms in total. The van der Waals surface area contributed by atoms with Crippen molar-refractivity contribution in [2.24, 2.45) is 0 Å². The van der Waals surface area contributed by atoms with Gasteiger partial charge in [-0.05, 0) is 29.3 Å². The van der Waals surface area contributed by atoms with Crippen molar-refractivity contribution in [3.05, 3.63) is 71.8 Å². The van der Waals surface area contributed by atoms with E-state index in [0.717, 1.165) is 11.3 Å². The summed E-state index contributed by atoms with van der Waals surface area (Å²) in [5.41, 5.74) is 1.89. The number of halogens is 1. The smallest absolute Gasteiger partial charge is 0.411 e. The van der Waals surface area contributed by atoms with Gasteiger partial charge in [-0.3, -0.25) is 4.90 Å². The second-order valence-electron chi connectivity index (χ2n) is 6.38. The van der Waals surface area contributed by atoms with Gasteiger partial charge in [0.05, 0.1) is 17.5 Å². The molecule has 29 heavy (non-hydrogen) atoms. The zero-order valence-corrected chi connectivity index (χ0v) is 15.6. The maximum Gasteiger partial charge on any atom is 0.411 e. The van der Waals surface area contributed by atoms with Gasteiger partial charge in [0.25, 0.3) is 0 Å². The van der Waals surface area contributed by atoms with Crippen LogP contribution in [0.1, 0.15) is 17.8 Å². The first-order valence-electron chi connectivity index (χ1n) is 8.50. The van der Waals surface area contributed by atoms with Gasteiger partial charge >= 0.3 is 6.09 Å². The van der Waals surface area contributed by atoms with Crippen LogP contribution in [0.5, 0.6) is 0 Å². The molecule has 0 fully saturated rings. The second kappa shape index (κ2) is 7.26. The Morgan fingerprint density at radius 2 is 2.07 bits per heavy atom. The van der Waals surface area contributed by atoms with Crippen LogP contribution in [0.25, 0.3) is 5.57 Å². The highest BCUT2D eigenvalue weighted by atomic mass is 32.2. The summed E-state index contributed by atoms with van der Waals surface area (Å²) in [6.07, 6.45) is 4.17. The summed E-state index contributed by atoms with van der Waals surface area (Å²) in [6.45, 7) is -0.119. The molecule has 1 aliphatic heterocycles. The summed E-state index contributed by atoms with van der Waals surface area (Å²) >= 11 is 0. The number of nitrogens with zero attached hydrogens (tertiary/aromatic N) is 3. The third-order valence-electron chi connectivity index (χ3n) is 4.63. The van der Waals surface area contributed by atoms with Crippen LogP contribution in [0, 0.1) is 0 Å². The SMILES string of the molecule is O=C(O)N1C=C(c2ccc(S(=O)(=O)NCc3ncon3)cc2)C2=CC=C(F)CC21. The van der Waals surface area contributed by atoms with Crippen LogP contribution in [-0.2, 0) is 16.6 Å². The quantitative estimate of drug-likeness (QED) is 0.764. The van der Waals surface area contributed by atoms with E-state index in [4.69, 9.17) is 0 Å².